The van der Waals surface area contributed by atoms with Crippen LogP contribution >= 0.6 is 0 Å². The first-order valence-electron chi connectivity index (χ1n) is 7.03. The molecule has 0 aromatic carbocycles. The first-order chi connectivity index (χ1) is 10.8. The molecule has 3 aromatic rings. The Hall–Kier alpha value is -2.96. The van der Waals surface area contributed by atoms with Crippen LogP contribution in [0.5, 0.6) is 0 Å². The van der Waals surface area contributed by atoms with E-state index in [4.69, 9.17) is 0 Å². The number of aromatic nitrogens is 5. The summed E-state index contributed by atoms with van der Waals surface area (Å²) in [6.07, 6.45) is 11.2. The van der Waals surface area contributed by atoms with Crippen molar-refractivity contribution in [2.24, 2.45) is 0 Å². The summed E-state index contributed by atoms with van der Waals surface area (Å²) in [5.74, 6) is 0.561. The lowest BCUT2D eigenvalue weighted by Gasteiger charge is -2.07. The number of nitrogens with one attached hydrogen (secondary N) is 1. The van der Waals surface area contributed by atoms with Crippen molar-refractivity contribution in [3.63, 3.8) is 0 Å². The highest BCUT2D eigenvalue weighted by Crippen LogP contribution is 2.06. The first kappa shape index (κ1) is 14.0. The van der Waals surface area contributed by atoms with E-state index in [-0.39, 0.29) is 5.91 Å². The highest BCUT2D eigenvalue weighted by atomic mass is 16.1. The largest absolute Gasteiger partial charge is 0.352 e. The molecule has 0 aliphatic heterocycles. The predicted octanol–water partition coefficient (Wildman–Crippen LogP) is 1.28. The van der Waals surface area contributed by atoms with Crippen molar-refractivity contribution in [2.45, 2.75) is 13.0 Å². The van der Waals surface area contributed by atoms with Crippen LogP contribution in [0.3, 0.4) is 0 Å². The van der Waals surface area contributed by atoms with Gasteiger partial charge in [0, 0.05) is 49.6 Å². The summed E-state index contributed by atoms with van der Waals surface area (Å²) in [4.78, 5) is 20.3. The van der Waals surface area contributed by atoms with Crippen LogP contribution in [-0.2, 0) is 6.54 Å². The third kappa shape index (κ3) is 3.38. The maximum absolute atomic E-state index is 12.1. The van der Waals surface area contributed by atoms with Gasteiger partial charge in [-0.25, -0.2) is 9.97 Å². The molecule has 22 heavy (non-hydrogen) atoms. The minimum atomic E-state index is -0.107. The molecular formula is C15H16N6O. The third-order valence-corrected chi connectivity index (χ3v) is 3.19. The lowest BCUT2D eigenvalue weighted by atomic mass is 10.2. The number of nitrogens with zero attached hydrogens (tertiary/aromatic N) is 5. The number of pyridine rings is 1. The minimum absolute atomic E-state index is 0.107. The Labute approximate surface area is 127 Å². The van der Waals surface area contributed by atoms with E-state index in [0.717, 1.165) is 13.0 Å². The summed E-state index contributed by atoms with van der Waals surface area (Å²) >= 11 is 0. The molecule has 112 valence electrons. The average Bonchev–Trinajstić information content (AvgIpc) is 3.24. The topological polar surface area (TPSA) is 77.6 Å². The van der Waals surface area contributed by atoms with Gasteiger partial charge in [0.2, 0.25) is 0 Å². The van der Waals surface area contributed by atoms with Gasteiger partial charge < -0.3 is 5.32 Å². The third-order valence-electron chi connectivity index (χ3n) is 3.19. The van der Waals surface area contributed by atoms with E-state index in [1.807, 2.05) is 16.9 Å². The monoisotopic (exact) mass is 296 g/mol. The Morgan fingerprint density at radius 3 is 2.95 bits per heavy atom. The van der Waals surface area contributed by atoms with Crippen molar-refractivity contribution in [3.05, 3.63) is 61.1 Å². The number of hydrogen-bond acceptors (Lipinski definition) is 4. The number of rotatable bonds is 6. The molecule has 0 fully saturated rings. The van der Waals surface area contributed by atoms with Crippen LogP contribution in [-0.4, -0.2) is 36.8 Å². The maximum Gasteiger partial charge on any atom is 0.251 e. The van der Waals surface area contributed by atoms with Gasteiger partial charge >= 0.3 is 0 Å². The van der Waals surface area contributed by atoms with Crippen molar-refractivity contribution in [1.29, 1.82) is 0 Å². The van der Waals surface area contributed by atoms with Crippen LogP contribution in [0.25, 0.3) is 5.82 Å². The van der Waals surface area contributed by atoms with E-state index in [1.165, 1.54) is 0 Å². The van der Waals surface area contributed by atoms with Crippen molar-refractivity contribution < 1.29 is 4.79 Å². The van der Waals surface area contributed by atoms with Crippen LogP contribution in [0.4, 0.5) is 0 Å². The molecule has 7 nitrogen and oxygen atoms in total. The van der Waals surface area contributed by atoms with Crippen molar-refractivity contribution in [2.75, 3.05) is 6.54 Å². The lowest BCUT2D eigenvalue weighted by molar-refractivity contribution is 0.0952. The number of carbonyl (C=O) groups excluding carboxylic acids is 1. The van der Waals surface area contributed by atoms with Gasteiger partial charge in [-0.15, -0.1) is 0 Å². The van der Waals surface area contributed by atoms with Gasteiger partial charge in [0.15, 0.2) is 0 Å². The van der Waals surface area contributed by atoms with E-state index in [1.54, 1.807) is 47.8 Å². The van der Waals surface area contributed by atoms with Crippen LogP contribution in [0.15, 0.2) is 55.5 Å². The molecule has 0 aliphatic carbocycles. The molecule has 3 rings (SSSR count). The quantitative estimate of drug-likeness (QED) is 0.695. The van der Waals surface area contributed by atoms with Gasteiger partial charge in [0.05, 0.1) is 0 Å². The second kappa shape index (κ2) is 6.66. The van der Waals surface area contributed by atoms with Crippen LogP contribution < -0.4 is 5.32 Å². The zero-order valence-electron chi connectivity index (χ0n) is 12.0. The van der Waals surface area contributed by atoms with Gasteiger partial charge in [-0.05, 0) is 24.6 Å². The standard InChI is InChI=1S/C15H16N6O/c22-15(18-4-1-8-21-9-2-5-19-21)13-3-6-17-14(11-13)20-10-7-16-12-20/h2-3,5-7,9-12H,1,4,8H2,(H,18,22). The Morgan fingerprint density at radius 1 is 1.23 bits per heavy atom. The summed E-state index contributed by atoms with van der Waals surface area (Å²) in [7, 11) is 0. The molecule has 0 saturated heterocycles. The molecule has 0 unspecified atom stereocenters. The first-order valence-corrected chi connectivity index (χ1v) is 7.03. The molecular weight excluding hydrogens is 280 g/mol. The van der Waals surface area contributed by atoms with Crippen LogP contribution in [0.1, 0.15) is 16.8 Å². The molecule has 7 heteroatoms. The van der Waals surface area contributed by atoms with Gasteiger partial charge in [-0.3, -0.25) is 14.0 Å². The second-order valence-electron chi connectivity index (χ2n) is 4.75. The summed E-state index contributed by atoms with van der Waals surface area (Å²) < 4.78 is 3.60. The smallest absolute Gasteiger partial charge is 0.251 e. The van der Waals surface area contributed by atoms with Gasteiger partial charge in [0.25, 0.3) is 5.91 Å². The van der Waals surface area contributed by atoms with Crippen molar-refractivity contribution in [1.82, 2.24) is 29.6 Å². The lowest BCUT2D eigenvalue weighted by Crippen LogP contribution is -2.25. The molecule has 0 spiro atoms. The molecule has 3 heterocycles. The molecule has 1 amide bonds. The Balaban J connectivity index is 1.55. The number of imidazole rings is 1. The molecule has 3 aromatic heterocycles. The molecule has 0 atom stereocenters. The van der Waals surface area contributed by atoms with Crippen molar-refractivity contribution >= 4 is 5.91 Å². The average molecular weight is 296 g/mol. The van der Waals surface area contributed by atoms with Crippen molar-refractivity contribution in [3.8, 4) is 5.82 Å². The molecule has 0 bridgehead atoms. The van der Waals surface area contributed by atoms with E-state index < -0.39 is 0 Å². The minimum Gasteiger partial charge on any atom is -0.352 e. The molecule has 0 aliphatic rings. The summed E-state index contributed by atoms with van der Waals surface area (Å²) in [6, 6.07) is 5.32. The number of carbonyl (C=O) groups is 1. The van der Waals surface area contributed by atoms with E-state index in [9.17, 15) is 4.79 Å². The van der Waals surface area contributed by atoms with Gasteiger partial charge in [0.1, 0.15) is 12.1 Å². The normalized spacial score (nSPS) is 10.5. The SMILES string of the molecule is O=C(NCCCn1cccn1)c1ccnc(-n2ccnc2)c1. The zero-order chi connectivity index (χ0) is 15.2. The molecule has 0 radical (unpaired) electrons. The summed E-state index contributed by atoms with van der Waals surface area (Å²) in [5.41, 5.74) is 0.581. The fourth-order valence-electron chi connectivity index (χ4n) is 2.07. The highest BCUT2D eigenvalue weighted by Gasteiger charge is 2.07. The predicted molar refractivity (Wildman–Crippen MR) is 80.5 cm³/mol. The van der Waals surface area contributed by atoms with E-state index in [0.29, 0.717) is 17.9 Å². The van der Waals surface area contributed by atoms with Crippen LogP contribution in [0.2, 0.25) is 0 Å². The van der Waals surface area contributed by atoms with Crippen LogP contribution in [0, 0.1) is 0 Å². The maximum atomic E-state index is 12.1. The molecule has 1 N–H and O–H groups in total. The second-order valence-corrected chi connectivity index (χ2v) is 4.75. The van der Waals surface area contributed by atoms with E-state index in [2.05, 4.69) is 20.4 Å². The summed E-state index contributed by atoms with van der Waals surface area (Å²) in [6.45, 7) is 1.38. The summed E-state index contributed by atoms with van der Waals surface area (Å²) in [5, 5.41) is 7.02. The number of aryl methyl sites for hydroxylation is 1. The number of hydrogen-bond donors (Lipinski definition) is 1. The Morgan fingerprint density at radius 2 is 2.18 bits per heavy atom. The number of amides is 1. The fourth-order valence-corrected chi connectivity index (χ4v) is 2.07. The van der Waals surface area contributed by atoms with E-state index >= 15 is 0 Å². The zero-order valence-corrected chi connectivity index (χ0v) is 12.0. The molecule has 0 saturated carbocycles. The Bertz CT molecular complexity index is 720. The fraction of sp³-hybridized carbons (Fsp3) is 0.200. The van der Waals surface area contributed by atoms with Gasteiger partial charge in [-0.1, -0.05) is 0 Å². The highest BCUT2D eigenvalue weighted by molar-refractivity contribution is 5.94. The van der Waals surface area contributed by atoms with Gasteiger partial charge in [-0.2, -0.15) is 5.10 Å². The Kier molecular flexibility index (Phi) is 4.24.